The smallest absolute Gasteiger partial charge is 0.246 e. The second kappa shape index (κ2) is 7.21. The van der Waals surface area contributed by atoms with E-state index in [9.17, 15) is 8.42 Å². The van der Waals surface area contributed by atoms with Crippen LogP contribution in [0.1, 0.15) is 13.3 Å². The second-order valence-electron chi connectivity index (χ2n) is 4.97. The van der Waals surface area contributed by atoms with Gasteiger partial charge in [-0.1, -0.05) is 34.8 Å². The van der Waals surface area contributed by atoms with Crippen molar-refractivity contribution in [3.63, 3.8) is 0 Å². The molecule has 1 saturated heterocycles. The third-order valence-corrected chi connectivity index (χ3v) is 6.50. The molecule has 1 aromatic carbocycles. The molecule has 0 amide bonds. The fourth-order valence-electron chi connectivity index (χ4n) is 2.31. The SMILES string of the molecule is CC(N)C1CCN(S(=O)(=O)c2c(Cl)cc(Cl)cc2Cl)C1.Cl. The Morgan fingerprint density at radius 3 is 2.24 bits per heavy atom. The molecule has 1 fully saturated rings. The van der Waals surface area contributed by atoms with Gasteiger partial charge in [-0.25, -0.2) is 8.42 Å². The summed E-state index contributed by atoms with van der Waals surface area (Å²) >= 11 is 17.8. The first-order valence-electron chi connectivity index (χ1n) is 6.13. The quantitative estimate of drug-likeness (QED) is 0.855. The van der Waals surface area contributed by atoms with Gasteiger partial charge in [-0.2, -0.15) is 4.31 Å². The van der Waals surface area contributed by atoms with E-state index in [0.717, 1.165) is 6.42 Å². The minimum atomic E-state index is -3.73. The molecule has 120 valence electrons. The largest absolute Gasteiger partial charge is 0.328 e. The maximum absolute atomic E-state index is 12.6. The van der Waals surface area contributed by atoms with E-state index in [1.165, 1.54) is 16.4 Å². The first-order valence-corrected chi connectivity index (χ1v) is 8.71. The van der Waals surface area contributed by atoms with Crippen molar-refractivity contribution in [2.75, 3.05) is 13.1 Å². The number of hydrogen-bond acceptors (Lipinski definition) is 3. The third kappa shape index (κ3) is 3.96. The van der Waals surface area contributed by atoms with Gasteiger partial charge in [0.05, 0.1) is 10.0 Å². The Morgan fingerprint density at radius 2 is 1.81 bits per heavy atom. The minimum Gasteiger partial charge on any atom is -0.328 e. The second-order valence-corrected chi connectivity index (χ2v) is 8.10. The Kier molecular flexibility index (Phi) is 6.63. The molecule has 9 heteroatoms. The highest BCUT2D eigenvalue weighted by molar-refractivity contribution is 7.89. The van der Waals surface area contributed by atoms with Crippen LogP contribution in [0, 0.1) is 5.92 Å². The molecule has 4 nitrogen and oxygen atoms in total. The van der Waals surface area contributed by atoms with Crippen molar-refractivity contribution in [3.05, 3.63) is 27.2 Å². The zero-order chi connectivity index (χ0) is 15.1. The van der Waals surface area contributed by atoms with Crippen LogP contribution < -0.4 is 5.73 Å². The Balaban J connectivity index is 0.00000220. The molecule has 1 aliphatic rings. The van der Waals surface area contributed by atoms with Crippen LogP contribution in [-0.4, -0.2) is 31.9 Å². The number of halogens is 4. The maximum Gasteiger partial charge on any atom is 0.246 e. The zero-order valence-electron chi connectivity index (χ0n) is 11.2. The van der Waals surface area contributed by atoms with E-state index in [1.807, 2.05) is 6.92 Å². The van der Waals surface area contributed by atoms with Crippen molar-refractivity contribution in [1.82, 2.24) is 4.31 Å². The molecule has 1 heterocycles. The van der Waals surface area contributed by atoms with Crippen LogP contribution in [0.2, 0.25) is 15.1 Å². The Morgan fingerprint density at radius 1 is 1.29 bits per heavy atom. The molecule has 21 heavy (non-hydrogen) atoms. The molecule has 1 aromatic rings. The van der Waals surface area contributed by atoms with E-state index in [2.05, 4.69) is 0 Å². The number of rotatable bonds is 3. The highest BCUT2D eigenvalue weighted by atomic mass is 35.5. The number of benzene rings is 1. The van der Waals surface area contributed by atoms with Crippen molar-refractivity contribution in [2.24, 2.45) is 11.7 Å². The van der Waals surface area contributed by atoms with E-state index >= 15 is 0 Å². The number of nitrogens with zero attached hydrogens (tertiary/aromatic N) is 1. The maximum atomic E-state index is 12.6. The predicted octanol–water partition coefficient (Wildman–Crippen LogP) is 3.43. The van der Waals surface area contributed by atoms with Gasteiger partial charge in [-0.15, -0.1) is 12.4 Å². The van der Waals surface area contributed by atoms with Crippen LogP contribution in [0.4, 0.5) is 0 Å². The summed E-state index contributed by atoms with van der Waals surface area (Å²) < 4.78 is 26.6. The van der Waals surface area contributed by atoms with Crippen molar-refractivity contribution in [2.45, 2.75) is 24.3 Å². The van der Waals surface area contributed by atoms with Gasteiger partial charge in [0.15, 0.2) is 0 Å². The molecule has 0 aromatic heterocycles. The average Bonchev–Trinajstić information content (AvgIpc) is 2.76. The summed E-state index contributed by atoms with van der Waals surface area (Å²) in [5.74, 6) is 0.148. The molecular formula is C12H16Cl4N2O2S. The summed E-state index contributed by atoms with van der Waals surface area (Å²) in [7, 11) is -3.73. The third-order valence-electron chi connectivity index (χ3n) is 3.49. The van der Waals surface area contributed by atoms with Gasteiger partial charge in [0.2, 0.25) is 10.0 Å². The van der Waals surface area contributed by atoms with Gasteiger partial charge in [0, 0.05) is 24.2 Å². The minimum absolute atomic E-state index is 0. The first kappa shape index (κ1) is 19.3. The van der Waals surface area contributed by atoms with Gasteiger partial charge >= 0.3 is 0 Å². The lowest BCUT2D eigenvalue weighted by atomic mass is 10.0. The van der Waals surface area contributed by atoms with Crippen molar-refractivity contribution in [3.8, 4) is 0 Å². The zero-order valence-corrected chi connectivity index (χ0v) is 15.1. The summed E-state index contributed by atoms with van der Waals surface area (Å²) in [5.41, 5.74) is 5.83. The lowest BCUT2D eigenvalue weighted by Gasteiger charge is -2.19. The summed E-state index contributed by atoms with van der Waals surface area (Å²) in [6.07, 6.45) is 0.736. The highest BCUT2D eigenvalue weighted by Gasteiger charge is 2.36. The monoisotopic (exact) mass is 392 g/mol. The average molecular weight is 394 g/mol. The van der Waals surface area contributed by atoms with Crippen LogP contribution >= 0.6 is 47.2 Å². The first-order chi connectivity index (χ1) is 9.23. The van der Waals surface area contributed by atoms with Crippen LogP contribution in [-0.2, 0) is 10.0 Å². The highest BCUT2D eigenvalue weighted by Crippen LogP contribution is 2.36. The number of nitrogens with two attached hydrogens (primary N) is 1. The Labute approximate surface area is 146 Å². The van der Waals surface area contributed by atoms with Gasteiger partial charge in [0.25, 0.3) is 0 Å². The van der Waals surface area contributed by atoms with Gasteiger partial charge in [-0.3, -0.25) is 0 Å². The summed E-state index contributed by atoms with van der Waals surface area (Å²) in [6, 6.07) is 2.70. The summed E-state index contributed by atoms with van der Waals surface area (Å²) in [6.45, 7) is 2.68. The molecule has 2 N–H and O–H groups in total. The van der Waals surface area contributed by atoms with Gasteiger partial charge in [0.1, 0.15) is 4.90 Å². The van der Waals surface area contributed by atoms with E-state index in [4.69, 9.17) is 40.5 Å². The molecule has 0 aliphatic carbocycles. The fourth-order valence-corrected chi connectivity index (χ4v) is 5.31. The van der Waals surface area contributed by atoms with Gasteiger partial charge in [-0.05, 0) is 31.4 Å². The van der Waals surface area contributed by atoms with Crippen LogP contribution in [0.5, 0.6) is 0 Å². The van der Waals surface area contributed by atoms with E-state index in [0.29, 0.717) is 18.1 Å². The van der Waals surface area contributed by atoms with E-state index in [1.54, 1.807) is 0 Å². The standard InChI is InChI=1S/C12H15Cl3N2O2S.ClH/c1-7(16)8-2-3-17(6-8)20(18,19)12-10(14)4-9(13)5-11(12)15;/h4-5,7-8H,2-3,6,16H2,1H3;1H. The molecular weight excluding hydrogens is 378 g/mol. The van der Waals surface area contributed by atoms with Crippen molar-refractivity contribution < 1.29 is 8.42 Å². The molecule has 2 rings (SSSR count). The Hall–Kier alpha value is 0.250. The van der Waals surface area contributed by atoms with Crippen LogP contribution in [0.25, 0.3) is 0 Å². The lowest BCUT2D eigenvalue weighted by Crippen LogP contribution is -2.33. The van der Waals surface area contributed by atoms with Crippen LogP contribution in [0.15, 0.2) is 17.0 Å². The molecule has 0 saturated carbocycles. The number of hydrogen-bond donors (Lipinski definition) is 1. The molecule has 0 spiro atoms. The normalized spacial score (nSPS) is 21.1. The van der Waals surface area contributed by atoms with Gasteiger partial charge < -0.3 is 5.73 Å². The summed E-state index contributed by atoms with van der Waals surface area (Å²) in [4.78, 5) is -0.0874. The topological polar surface area (TPSA) is 63.4 Å². The molecule has 2 unspecified atom stereocenters. The Bertz CT molecular complexity index is 599. The molecule has 0 bridgehead atoms. The fraction of sp³-hybridized carbons (Fsp3) is 0.500. The van der Waals surface area contributed by atoms with E-state index < -0.39 is 10.0 Å². The molecule has 0 radical (unpaired) electrons. The summed E-state index contributed by atoms with van der Waals surface area (Å²) in [5, 5.41) is 0.368. The number of sulfonamides is 1. The van der Waals surface area contributed by atoms with Crippen molar-refractivity contribution >= 4 is 57.2 Å². The van der Waals surface area contributed by atoms with Crippen molar-refractivity contribution in [1.29, 1.82) is 0 Å². The van der Waals surface area contributed by atoms with Crippen LogP contribution in [0.3, 0.4) is 0 Å². The molecule has 1 aliphatic heterocycles. The predicted molar refractivity (Wildman–Crippen MR) is 89.2 cm³/mol. The lowest BCUT2D eigenvalue weighted by molar-refractivity contribution is 0.429. The van der Waals surface area contributed by atoms with E-state index in [-0.39, 0.29) is 39.3 Å². The molecule has 2 atom stereocenters.